The van der Waals surface area contributed by atoms with Crippen LogP contribution in [0.15, 0.2) is 30.3 Å². The fraction of sp³-hybridized carbons (Fsp3) is 0.500. The molecule has 0 bridgehead atoms. The molecule has 1 aliphatic rings. The van der Waals surface area contributed by atoms with Crippen molar-refractivity contribution < 1.29 is 4.79 Å². The van der Waals surface area contributed by atoms with Gasteiger partial charge in [-0.2, -0.15) is 0 Å². The Morgan fingerprint density at radius 3 is 2.55 bits per heavy atom. The fourth-order valence-corrected chi connectivity index (χ4v) is 3.26. The van der Waals surface area contributed by atoms with Crippen molar-refractivity contribution in [2.75, 3.05) is 13.1 Å². The number of hydrogen-bond acceptors (Lipinski definition) is 2. The molecule has 2 rings (SSSR count). The maximum Gasteiger partial charge on any atom is 0.232 e. The highest BCUT2D eigenvalue weighted by Crippen LogP contribution is 2.29. The summed E-state index contributed by atoms with van der Waals surface area (Å²) in [5.74, 6) is 0.334. The molecule has 108 valence electrons. The molecule has 0 saturated carbocycles. The summed E-state index contributed by atoms with van der Waals surface area (Å²) in [5, 5.41) is 0. The third kappa shape index (κ3) is 3.18. The van der Waals surface area contributed by atoms with Crippen LogP contribution in [0.1, 0.15) is 31.7 Å². The van der Waals surface area contributed by atoms with Crippen LogP contribution in [0, 0.1) is 11.8 Å². The van der Waals surface area contributed by atoms with Gasteiger partial charge in [-0.15, -0.1) is 0 Å². The van der Waals surface area contributed by atoms with Gasteiger partial charge in [0.2, 0.25) is 5.91 Å². The van der Waals surface area contributed by atoms with E-state index < -0.39 is 0 Å². The molecule has 0 radical (unpaired) electrons. The van der Waals surface area contributed by atoms with E-state index in [1.807, 2.05) is 36.9 Å². The van der Waals surface area contributed by atoms with E-state index in [2.05, 4.69) is 12.1 Å². The highest BCUT2D eigenvalue weighted by atomic mass is 32.1. The molecular weight excluding hydrogens is 268 g/mol. The fourth-order valence-electron chi connectivity index (χ4n) is 2.89. The molecule has 1 aromatic carbocycles. The van der Waals surface area contributed by atoms with Gasteiger partial charge in [-0.05, 0) is 17.9 Å². The average Bonchev–Trinajstić information content (AvgIpc) is 2.88. The zero-order valence-corrected chi connectivity index (χ0v) is 12.9. The highest BCUT2D eigenvalue weighted by Gasteiger charge is 2.34. The van der Waals surface area contributed by atoms with Gasteiger partial charge < -0.3 is 10.6 Å². The number of likely N-dealkylation sites (tertiary alicyclic amines) is 1. The van der Waals surface area contributed by atoms with Crippen molar-refractivity contribution in [2.45, 2.75) is 26.2 Å². The van der Waals surface area contributed by atoms with E-state index in [1.54, 1.807) is 0 Å². The molecule has 2 N–H and O–H groups in total. The minimum Gasteiger partial charge on any atom is -0.393 e. The number of thiocarbonyl (C=S) groups is 1. The molecule has 20 heavy (non-hydrogen) atoms. The predicted octanol–water partition coefficient (Wildman–Crippen LogP) is 2.56. The molecule has 1 aromatic rings. The monoisotopic (exact) mass is 290 g/mol. The standard InChI is InChI=1S/C16H22N2OS/c1-11(2)14(15(17)20)16(19)18-9-8-13(10-18)12-6-4-3-5-7-12/h3-7,11,13-14H,8-10H2,1-2H3,(H2,17,20). The average molecular weight is 290 g/mol. The molecule has 1 saturated heterocycles. The maximum absolute atomic E-state index is 12.6. The molecule has 1 amide bonds. The SMILES string of the molecule is CC(C)C(C(=O)N1CCC(c2ccccc2)C1)C(N)=S. The lowest BCUT2D eigenvalue weighted by atomic mass is 9.94. The first-order valence-corrected chi connectivity index (χ1v) is 7.54. The van der Waals surface area contributed by atoms with Crippen molar-refractivity contribution in [1.29, 1.82) is 0 Å². The van der Waals surface area contributed by atoms with Crippen LogP contribution in [-0.2, 0) is 4.79 Å². The lowest BCUT2D eigenvalue weighted by Gasteiger charge is -2.25. The third-order valence-electron chi connectivity index (χ3n) is 4.01. The molecule has 1 fully saturated rings. The van der Waals surface area contributed by atoms with Gasteiger partial charge in [-0.3, -0.25) is 4.79 Å². The number of nitrogens with two attached hydrogens (primary N) is 1. The second kappa shape index (κ2) is 6.35. The van der Waals surface area contributed by atoms with Crippen LogP contribution in [0.5, 0.6) is 0 Å². The second-order valence-electron chi connectivity index (χ2n) is 5.80. The zero-order valence-electron chi connectivity index (χ0n) is 12.1. The Morgan fingerprint density at radius 2 is 2.00 bits per heavy atom. The molecule has 1 aliphatic heterocycles. The summed E-state index contributed by atoms with van der Waals surface area (Å²) in [6.07, 6.45) is 1.01. The van der Waals surface area contributed by atoms with Gasteiger partial charge in [0, 0.05) is 19.0 Å². The Morgan fingerprint density at radius 1 is 1.35 bits per heavy atom. The van der Waals surface area contributed by atoms with Crippen molar-refractivity contribution in [3.05, 3.63) is 35.9 Å². The number of benzene rings is 1. The van der Waals surface area contributed by atoms with Crippen LogP contribution in [0.3, 0.4) is 0 Å². The van der Waals surface area contributed by atoms with Crippen molar-refractivity contribution in [3.63, 3.8) is 0 Å². The minimum absolute atomic E-state index is 0.0888. The van der Waals surface area contributed by atoms with Crippen LogP contribution in [0.25, 0.3) is 0 Å². The summed E-state index contributed by atoms with van der Waals surface area (Å²) in [4.78, 5) is 14.8. The summed E-state index contributed by atoms with van der Waals surface area (Å²) >= 11 is 5.06. The van der Waals surface area contributed by atoms with Crippen LogP contribution >= 0.6 is 12.2 Å². The first kappa shape index (κ1) is 15.0. The molecule has 2 atom stereocenters. The largest absolute Gasteiger partial charge is 0.393 e. The van der Waals surface area contributed by atoms with Gasteiger partial charge in [0.1, 0.15) is 0 Å². The van der Waals surface area contributed by atoms with E-state index in [4.69, 9.17) is 18.0 Å². The first-order chi connectivity index (χ1) is 9.50. The predicted molar refractivity (Wildman–Crippen MR) is 85.5 cm³/mol. The zero-order chi connectivity index (χ0) is 14.7. The van der Waals surface area contributed by atoms with Gasteiger partial charge in [-0.1, -0.05) is 56.4 Å². The molecule has 4 heteroatoms. The van der Waals surface area contributed by atoms with E-state index in [0.717, 1.165) is 19.5 Å². The molecule has 2 unspecified atom stereocenters. The van der Waals surface area contributed by atoms with Crippen LogP contribution in [0.2, 0.25) is 0 Å². The van der Waals surface area contributed by atoms with Gasteiger partial charge >= 0.3 is 0 Å². The Bertz CT molecular complexity index is 487. The minimum atomic E-state index is -0.334. The van der Waals surface area contributed by atoms with Gasteiger partial charge in [0.05, 0.1) is 10.9 Å². The third-order valence-corrected chi connectivity index (χ3v) is 4.26. The molecule has 0 aliphatic carbocycles. The number of carbonyl (C=O) groups excluding carboxylic acids is 1. The number of rotatable bonds is 4. The first-order valence-electron chi connectivity index (χ1n) is 7.13. The van der Waals surface area contributed by atoms with Crippen molar-refractivity contribution >= 4 is 23.1 Å². The molecule has 0 aromatic heterocycles. The quantitative estimate of drug-likeness (QED) is 0.867. The molecule has 1 heterocycles. The smallest absolute Gasteiger partial charge is 0.232 e. The Labute approximate surface area is 126 Å². The lowest BCUT2D eigenvalue weighted by molar-refractivity contribution is -0.133. The molecular formula is C16H22N2OS. The van der Waals surface area contributed by atoms with E-state index in [-0.39, 0.29) is 17.7 Å². The van der Waals surface area contributed by atoms with Gasteiger partial charge in [0.15, 0.2) is 0 Å². The number of hydrogen-bond donors (Lipinski definition) is 1. The Balaban J connectivity index is 2.05. The van der Waals surface area contributed by atoms with E-state index >= 15 is 0 Å². The van der Waals surface area contributed by atoms with Gasteiger partial charge in [0.25, 0.3) is 0 Å². The van der Waals surface area contributed by atoms with Crippen LogP contribution in [0.4, 0.5) is 0 Å². The van der Waals surface area contributed by atoms with Crippen LogP contribution in [-0.4, -0.2) is 28.9 Å². The van der Waals surface area contributed by atoms with Crippen molar-refractivity contribution in [1.82, 2.24) is 4.90 Å². The summed E-state index contributed by atoms with van der Waals surface area (Å²) < 4.78 is 0. The summed E-state index contributed by atoms with van der Waals surface area (Å²) in [6.45, 7) is 5.55. The molecule has 0 spiro atoms. The number of amides is 1. The topological polar surface area (TPSA) is 46.3 Å². The van der Waals surface area contributed by atoms with Gasteiger partial charge in [-0.25, -0.2) is 0 Å². The summed E-state index contributed by atoms with van der Waals surface area (Å²) in [5.41, 5.74) is 7.04. The maximum atomic E-state index is 12.6. The molecule has 3 nitrogen and oxygen atoms in total. The summed E-state index contributed by atoms with van der Waals surface area (Å²) in [7, 11) is 0. The van der Waals surface area contributed by atoms with Crippen molar-refractivity contribution in [2.24, 2.45) is 17.6 Å². The van der Waals surface area contributed by atoms with E-state index in [1.165, 1.54) is 5.56 Å². The van der Waals surface area contributed by atoms with Crippen LogP contribution < -0.4 is 5.73 Å². The Kier molecular flexibility index (Phi) is 4.76. The Hall–Kier alpha value is -1.42. The highest BCUT2D eigenvalue weighted by molar-refractivity contribution is 7.80. The number of nitrogens with zero attached hydrogens (tertiary/aromatic N) is 1. The second-order valence-corrected chi connectivity index (χ2v) is 6.28. The number of carbonyl (C=O) groups is 1. The summed E-state index contributed by atoms with van der Waals surface area (Å²) in [6, 6.07) is 10.4. The normalized spacial score (nSPS) is 20.1. The van der Waals surface area contributed by atoms with E-state index in [0.29, 0.717) is 10.9 Å². The lowest BCUT2D eigenvalue weighted by Crippen LogP contribution is -2.42. The van der Waals surface area contributed by atoms with Crippen molar-refractivity contribution in [3.8, 4) is 0 Å². The van der Waals surface area contributed by atoms with E-state index in [9.17, 15) is 4.79 Å².